The van der Waals surface area contributed by atoms with Gasteiger partial charge < -0.3 is 9.80 Å². The first-order valence-corrected chi connectivity index (χ1v) is 14.6. The molecular formula is C26H32N8O2S3. The molecule has 1 heterocycles. The summed E-state index contributed by atoms with van der Waals surface area (Å²) in [6, 6.07) is 15.7. The van der Waals surface area contributed by atoms with E-state index < -0.39 is 10.5 Å². The Morgan fingerprint density at radius 1 is 0.744 bits per heavy atom. The number of amides is 2. The normalized spacial score (nSPS) is 12.9. The minimum atomic E-state index is -0.425. The lowest BCUT2D eigenvalue weighted by atomic mass is 10.2. The van der Waals surface area contributed by atoms with Crippen LogP contribution in [0.3, 0.4) is 0 Å². The van der Waals surface area contributed by atoms with Crippen LogP contribution in [0.25, 0.3) is 0 Å². The molecule has 2 atom stereocenters. The molecule has 2 amide bonds. The molecule has 0 spiro atoms. The van der Waals surface area contributed by atoms with E-state index in [0.29, 0.717) is 8.68 Å². The number of nitrogens with zero attached hydrogens (tertiary/aromatic N) is 6. The number of hydrogen-bond acceptors (Lipinski definition) is 11. The summed E-state index contributed by atoms with van der Waals surface area (Å²) in [7, 11) is 7.90. The second-order valence-electron chi connectivity index (χ2n) is 8.79. The van der Waals surface area contributed by atoms with Crippen molar-refractivity contribution in [3.05, 3.63) is 59.7 Å². The van der Waals surface area contributed by atoms with Gasteiger partial charge in [-0.3, -0.25) is 9.59 Å². The SMILES string of the molecule is C[C@@H](Sc1nnc(S[C@H](C)C(=O)N/N=C\c2ccc(N(C)C)cc2)s1)C(=O)N/N=C\c1ccc(N(C)C)cc1. The van der Waals surface area contributed by atoms with E-state index in [1.807, 2.05) is 86.5 Å². The number of hydrogen-bond donors (Lipinski definition) is 2. The molecule has 13 heteroatoms. The zero-order chi connectivity index (χ0) is 28.4. The fraction of sp³-hybridized carbons (Fsp3) is 0.308. The summed E-state index contributed by atoms with van der Waals surface area (Å²) in [5.74, 6) is -0.486. The zero-order valence-electron chi connectivity index (χ0n) is 22.7. The summed E-state index contributed by atoms with van der Waals surface area (Å²) in [6.07, 6.45) is 3.21. The number of benzene rings is 2. The molecule has 0 bridgehead atoms. The van der Waals surface area contributed by atoms with Crippen molar-refractivity contribution in [3.63, 3.8) is 0 Å². The summed E-state index contributed by atoms with van der Waals surface area (Å²) in [4.78, 5) is 28.9. The number of anilines is 2. The summed E-state index contributed by atoms with van der Waals surface area (Å²) < 4.78 is 1.27. The van der Waals surface area contributed by atoms with E-state index in [4.69, 9.17) is 0 Å². The number of rotatable bonds is 12. The zero-order valence-corrected chi connectivity index (χ0v) is 25.1. The molecule has 0 aliphatic carbocycles. The Balaban J connectivity index is 1.43. The Hall–Kier alpha value is -3.42. The van der Waals surface area contributed by atoms with Gasteiger partial charge in [-0.25, -0.2) is 10.9 Å². The van der Waals surface area contributed by atoms with E-state index in [0.717, 1.165) is 22.5 Å². The third-order valence-electron chi connectivity index (χ3n) is 5.28. The molecule has 0 fully saturated rings. The third kappa shape index (κ3) is 9.68. The number of hydrazone groups is 2. The number of nitrogens with one attached hydrogen (secondary N) is 2. The van der Waals surface area contributed by atoms with Crippen LogP contribution in [0.15, 0.2) is 67.4 Å². The number of thioether (sulfide) groups is 2. The molecule has 3 aromatic rings. The Morgan fingerprint density at radius 3 is 1.44 bits per heavy atom. The molecule has 3 rings (SSSR count). The first-order valence-electron chi connectivity index (χ1n) is 12.0. The minimum absolute atomic E-state index is 0.243. The first kappa shape index (κ1) is 30.1. The van der Waals surface area contributed by atoms with Gasteiger partial charge in [0.25, 0.3) is 11.8 Å². The van der Waals surface area contributed by atoms with Gasteiger partial charge in [0.1, 0.15) is 0 Å². The second-order valence-corrected chi connectivity index (χ2v) is 12.9. The highest BCUT2D eigenvalue weighted by molar-refractivity contribution is 8.04. The standard InChI is InChI=1S/C26H32N8O2S3/c1-17(23(35)29-27-15-19-7-11-21(12-8-19)33(3)4)37-25-31-32-26(39-25)38-18(2)24(36)30-28-16-20-9-13-22(14-10-20)34(5)6/h7-18H,1-6H3,(H,29,35)(H,30,36)/b27-15-,28-16-/t17-,18-/m1/s1. The van der Waals surface area contributed by atoms with Crippen LogP contribution in [-0.2, 0) is 9.59 Å². The van der Waals surface area contributed by atoms with E-state index in [-0.39, 0.29) is 11.8 Å². The molecule has 0 aliphatic heterocycles. The van der Waals surface area contributed by atoms with Crippen LogP contribution in [-0.4, -0.2) is 73.1 Å². The summed E-state index contributed by atoms with van der Waals surface area (Å²) in [5.41, 5.74) is 9.06. The smallest absolute Gasteiger partial charge is 0.253 e. The molecule has 0 saturated carbocycles. The predicted octanol–water partition coefficient (Wildman–Crippen LogP) is 3.93. The highest BCUT2D eigenvalue weighted by Crippen LogP contribution is 2.33. The molecule has 0 aliphatic rings. The van der Waals surface area contributed by atoms with Crippen molar-refractivity contribution in [2.24, 2.45) is 10.2 Å². The van der Waals surface area contributed by atoms with Gasteiger partial charge >= 0.3 is 0 Å². The molecule has 1 aromatic heterocycles. The van der Waals surface area contributed by atoms with Gasteiger partial charge in [0.2, 0.25) is 0 Å². The van der Waals surface area contributed by atoms with Crippen LogP contribution >= 0.6 is 34.9 Å². The number of carbonyl (C=O) groups is 2. The quantitative estimate of drug-likeness (QED) is 0.187. The second kappa shape index (κ2) is 14.7. The van der Waals surface area contributed by atoms with Crippen molar-refractivity contribution in [3.8, 4) is 0 Å². The predicted molar refractivity (Wildman–Crippen MR) is 164 cm³/mol. The molecule has 10 nitrogen and oxygen atoms in total. The third-order valence-corrected chi connectivity index (χ3v) is 8.57. The lowest BCUT2D eigenvalue weighted by Crippen LogP contribution is -2.26. The maximum atomic E-state index is 12.4. The van der Waals surface area contributed by atoms with Crippen molar-refractivity contribution in [2.75, 3.05) is 38.0 Å². The van der Waals surface area contributed by atoms with Gasteiger partial charge in [-0.05, 0) is 49.2 Å². The van der Waals surface area contributed by atoms with Crippen LogP contribution < -0.4 is 20.7 Å². The van der Waals surface area contributed by atoms with Gasteiger partial charge in [-0.1, -0.05) is 59.1 Å². The highest BCUT2D eigenvalue weighted by Gasteiger charge is 2.20. The molecular weight excluding hydrogens is 553 g/mol. The largest absolute Gasteiger partial charge is 0.378 e. The Bertz CT molecular complexity index is 1190. The first-order chi connectivity index (χ1) is 18.6. The van der Waals surface area contributed by atoms with E-state index in [2.05, 4.69) is 31.3 Å². The highest BCUT2D eigenvalue weighted by atomic mass is 32.2. The van der Waals surface area contributed by atoms with E-state index >= 15 is 0 Å². The minimum Gasteiger partial charge on any atom is -0.378 e. The van der Waals surface area contributed by atoms with Crippen LogP contribution in [0.1, 0.15) is 25.0 Å². The Labute approximate surface area is 241 Å². The van der Waals surface area contributed by atoms with Crippen LogP contribution in [0.4, 0.5) is 11.4 Å². The van der Waals surface area contributed by atoms with Crippen LogP contribution in [0, 0.1) is 0 Å². The molecule has 39 heavy (non-hydrogen) atoms. The lowest BCUT2D eigenvalue weighted by Gasteiger charge is -2.11. The van der Waals surface area contributed by atoms with Crippen molar-refractivity contribution in [1.29, 1.82) is 0 Å². The van der Waals surface area contributed by atoms with Crippen molar-refractivity contribution >= 4 is 70.5 Å². The van der Waals surface area contributed by atoms with Gasteiger partial charge in [-0.2, -0.15) is 10.2 Å². The average molecular weight is 585 g/mol. The maximum Gasteiger partial charge on any atom is 0.253 e. The molecule has 206 valence electrons. The van der Waals surface area contributed by atoms with Crippen LogP contribution in [0.2, 0.25) is 0 Å². The van der Waals surface area contributed by atoms with Crippen molar-refractivity contribution < 1.29 is 9.59 Å². The van der Waals surface area contributed by atoms with Gasteiger partial charge in [0.05, 0.1) is 22.9 Å². The maximum absolute atomic E-state index is 12.4. The molecule has 2 N–H and O–H groups in total. The topological polar surface area (TPSA) is 115 Å². The molecule has 2 aromatic carbocycles. The van der Waals surface area contributed by atoms with Gasteiger partial charge in [0.15, 0.2) is 8.68 Å². The number of carbonyl (C=O) groups excluding carboxylic acids is 2. The Kier molecular flexibility index (Phi) is 11.3. The lowest BCUT2D eigenvalue weighted by molar-refractivity contribution is -0.121. The van der Waals surface area contributed by atoms with Crippen molar-refractivity contribution in [2.45, 2.75) is 33.0 Å². The summed E-state index contributed by atoms with van der Waals surface area (Å²) in [5, 5.41) is 15.5. The molecule has 0 unspecified atom stereocenters. The summed E-state index contributed by atoms with van der Waals surface area (Å²) >= 11 is 3.91. The van der Waals surface area contributed by atoms with Gasteiger partial charge in [-0.15, -0.1) is 10.2 Å². The average Bonchev–Trinajstić information content (AvgIpc) is 3.35. The van der Waals surface area contributed by atoms with Crippen molar-refractivity contribution in [1.82, 2.24) is 21.0 Å². The summed E-state index contributed by atoms with van der Waals surface area (Å²) in [6.45, 7) is 3.55. The monoisotopic (exact) mass is 584 g/mol. The fourth-order valence-corrected chi connectivity index (χ4v) is 6.24. The number of aromatic nitrogens is 2. The van der Waals surface area contributed by atoms with E-state index in [1.165, 1.54) is 34.9 Å². The Morgan fingerprint density at radius 2 is 1.10 bits per heavy atom. The van der Waals surface area contributed by atoms with E-state index in [1.54, 1.807) is 26.3 Å². The fourth-order valence-electron chi connectivity index (χ4n) is 2.94. The van der Waals surface area contributed by atoms with Crippen LogP contribution in [0.5, 0.6) is 0 Å². The molecule has 0 radical (unpaired) electrons. The molecule has 0 saturated heterocycles. The van der Waals surface area contributed by atoms with Gasteiger partial charge in [0, 0.05) is 39.6 Å². The van der Waals surface area contributed by atoms with E-state index in [9.17, 15) is 9.59 Å².